The number of halogens is 1. The maximum Gasteiger partial charge on any atom is 0.301 e. The molecule has 1 saturated heterocycles. The van der Waals surface area contributed by atoms with Gasteiger partial charge in [-0.1, -0.05) is 89.3 Å². The number of benzene rings is 4. The first-order valence-corrected chi connectivity index (χ1v) is 17.1. The highest BCUT2D eigenvalue weighted by Gasteiger charge is 2.48. The molecule has 0 spiro atoms. The number of rotatable bonds is 9. The van der Waals surface area contributed by atoms with Gasteiger partial charge >= 0.3 is 5.91 Å². The Bertz CT molecular complexity index is 2000. The Balaban J connectivity index is 1.25. The summed E-state index contributed by atoms with van der Waals surface area (Å²) in [5.41, 5.74) is 3.95. The van der Waals surface area contributed by atoms with Gasteiger partial charge in [0.05, 0.1) is 11.6 Å². The van der Waals surface area contributed by atoms with E-state index in [0.29, 0.717) is 45.0 Å². The SMILES string of the molecule is C[C@H]1Cc2cc(/C(O)=C3\C(=O)C(=O)N(c4nnc(SCc5ccc(Cl)cc5)s4)[C@H]3c3cccc(OCc4ccccc4)c3)ccc2O1. The van der Waals surface area contributed by atoms with Crippen molar-refractivity contribution in [1.29, 1.82) is 0 Å². The molecule has 11 heteroatoms. The van der Waals surface area contributed by atoms with Crippen LogP contribution in [0.2, 0.25) is 5.02 Å². The van der Waals surface area contributed by atoms with Crippen molar-refractivity contribution in [3.05, 3.63) is 135 Å². The molecule has 7 rings (SSSR count). The first kappa shape index (κ1) is 31.0. The summed E-state index contributed by atoms with van der Waals surface area (Å²) in [5, 5.41) is 21.3. The van der Waals surface area contributed by atoms with Gasteiger partial charge in [0.15, 0.2) is 4.34 Å². The van der Waals surface area contributed by atoms with Crippen LogP contribution in [-0.4, -0.2) is 33.1 Å². The third-order valence-corrected chi connectivity index (χ3v) is 10.3. The minimum Gasteiger partial charge on any atom is -0.507 e. The molecule has 236 valence electrons. The minimum atomic E-state index is -0.972. The van der Waals surface area contributed by atoms with Gasteiger partial charge in [-0.3, -0.25) is 14.5 Å². The summed E-state index contributed by atoms with van der Waals surface area (Å²) >= 11 is 8.70. The number of Topliss-reactive ketones (excluding diaryl/α,β-unsaturated/α-hetero) is 1. The zero-order valence-corrected chi connectivity index (χ0v) is 27.5. The molecule has 5 aromatic rings. The number of anilines is 1. The Morgan fingerprint density at radius 1 is 1.00 bits per heavy atom. The van der Waals surface area contributed by atoms with Crippen molar-refractivity contribution in [3.8, 4) is 11.5 Å². The van der Waals surface area contributed by atoms with Crippen LogP contribution in [0.1, 0.15) is 40.8 Å². The third kappa shape index (κ3) is 6.49. The van der Waals surface area contributed by atoms with Crippen molar-refractivity contribution in [3.63, 3.8) is 0 Å². The number of aliphatic hydroxyl groups excluding tert-OH is 1. The molecule has 0 bridgehead atoms. The highest BCUT2D eigenvalue weighted by molar-refractivity contribution is 8.00. The van der Waals surface area contributed by atoms with E-state index in [1.54, 1.807) is 24.3 Å². The number of hydrogen-bond donors (Lipinski definition) is 1. The molecule has 2 aliphatic rings. The molecule has 8 nitrogen and oxygen atoms in total. The number of ketones is 1. The Labute approximate surface area is 284 Å². The van der Waals surface area contributed by atoms with Crippen molar-refractivity contribution in [1.82, 2.24) is 10.2 Å². The number of nitrogens with zero attached hydrogens (tertiary/aromatic N) is 3. The van der Waals surface area contributed by atoms with Crippen LogP contribution in [0.4, 0.5) is 5.13 Å². The molecule has 1 fully saturated rings. The second-order valence-electron chi connectivity index (χ2n) is 11.2. The maximum absolute atomic E-state index is 13.8. The Kier molecular flexibility index (Phi) is 8.72. The number of aliphatic hydroxyl groups is 1. The third-order valence-electron chi connectivity index (χ3n) is 7.91. The van der Waals surface area contributed by atoms with E-state index in [1.165, 1.54) is 28.0 Å². The Morgan fingerprint density at radius 2 is 1.81 bits per heavy atom. The molecule has 2 atom stereocenters. The topological polar surface area (TPSA) is 102 Å². The lowest BCUT2D eigenvalue weighted by Crippen LogP contribution is -2.29. The van der Waals surface area contributed by atoms with Gasteiger partial charge in [0.25, 0.3) is 5.78 Å². The number of hydrogen-bond acceptors (Lipinski definition) is 9. The fraction of sp³-hybridized carbons (Fsp3) is 0.167. The standard InChI is InChI=1S/C36H28ClN3O5S2/c1-21-16-26-17-25(12-15-29(26)45-21)32(41)30-31(24-8-5-9-28(18-24)44-19-22-6-3-2-4-7-22)40(34(43)33(30)42)35-38-39-36(47-35)46-20-23-10-13-27(37)14-11-23/h2-15,17-18,21,31,41H,16,19-20H2,1H3/b32-30+/t21-,31-/m0/s1. The number of amides is 1. The van der Waals surface area contributed by atoms with E-state index < -0.39 is 17.7 Å². The molecule has 0 radical (unpaired) electrons. The van der Waals surface area contributed by atoms with E-state index in [2.05, 4.69) is 10.2 Å². The van der Waals surface area contributed by atoms with Crippen LogP contribution in [-0.2, 0) is 28.4 Å². The van der Waals surface area contributed by atoms with Crippen LogP contribution >= 0.6 is 34.7 Å². The number of fused-ring (bicyclic) bond motifs is 1. The number of carbonyl (C=O) groups excluding carboxylic acids is 2. The lowest BCUT2D eigenvalue weighted by molar-refractivity contribution is -0.132. The molecule has 3 heterocycles. The summed E-state index contributed by atoms with van der Waals surface area (Å²) in [4.78, 5) is 28.9. The van der Waals surface area contributed by atoms with E-state index in [4.69, 9.17) is 21.1 Å². The van der Waals surface area contributed by atoms with Crippen LogP contribution in [0.15, 0.2) is 107 Å². The molecule has 0 unspecified atom stereocenters. The van der Waals surface area contributed by atoms with Crippen LogP contribution in [0.25, 0.3) is 5.76 Å². The van der Waals surface area contributed by atoms with E-state index >= 15 is 0 Å². The van der Waals surface area contributed by atoms with Crippen molar-refractivity contribution >= 4 is 57.3 Å². The van der Waals surface area contributed by atoms with Crippen LogP contribution in [0, 0.1) is 0 Å². The molecular formula is C36H28ClN3O5S2. The highest BCUT2D eigenvalue weighted by atomic mass is 35.5. The van der Waals surface area contributed by atoms with Gasteiger partial charge in [-0.2, -0.15) is 0 Å². The van der Waals surface area contributed by atoms with Crippen molar-refractivity contribution < 1.29 is 24.2 Å². The summed E-state index contributed by atoms with van der Waals surface area (Å²) in [7, 11) is 0. The number of thioether (sulfide) groups is 1. The number of carbonyl (C=O) groups is 2. The van der Waals surface area contributed by atoms with Crippen molar-refractivity contribution in [2.24, 2.45) is 0 Å². The molecule has 0 saturated carbocycles. The number of aromatic nitrogens is 2. The molecule has 47 heavy (non-hydrogen) atoms. The predicted molar refractivity (Wildman–Crippen MR) is 183 cm³/mol. The monoisotopic (exact) mass is 681 g/mol. The molecule has 0 aliphatic carbocycles. The van der Waals surface area contributed by atoms with Gasteiger partial charge in [-0.25, -0.2) is 0 Å². The second kappa shape index (κ2) is 13.2. The minimum absolute atomic E-state index is 0.00997. The second-order valence-corrected chi connectivity index (χ2v) is 13.9. The maximum atomic E-state index is 13.8. The Morgan fingerprint density at radius 3 is 2.62 bits per heavy atom. The van der Waals surface area contributed by atoms with Gasteiger partial charge in [-0.15, -0.1) is 10.2 Å². The van der Waals surface area contributed by atoms with E-state index in [-0.39, 0.29) is 22.6 Å². The van der Waals surface area contributed by atoms with Crippen molar-refractivity contribution in [2.45, 2.75) is 42.2 Å². The summed E-state index contributed by atoms with van der Waals surface area (Å²) in [6, 6.07) is 28.8. The van der Waals surface area contributed by atoms with Crippen LogP contribution in [0.3, 0.4) is 0 Å². The molecule has 1 aromatic heterocycles. The quantitative estimate of drug-likeness (QED) is 0.0549. The largest absolute Gasteiger partial charge is 0.507 e. The molecular weight excluding hydrogens is 654 g/mol. The van der Waals surface area contributed by atoms with Crippen LogP contribution in [0.5, 0.6) is 11.5 Å². The Hall–Kier alpha value is -4.64. The van der Waals surface area contributed by atoms with Gasteiger partial charge < -0.3 is 14.6 Å². The first-order valence-electron chi connectivity index (χ1n) is 14.9. The lowest BCUT2D eigenvalue weighted by atomic mass is 9.94. The smallest absolute Gasteiger partial charge is 0.301 e. The van der Waals surface area contributed by atoms with Gasteiger partial charge in [0, 0.05) is 22.8 Å². The average molecular weight is 682 g/mol. The summed E-state index contributed by atoms with van der Waals surface area (Å²) in [6.45, 7) is 2.31. The lowest BCUT2D eigenvalue weighted by Gasteiger charge is -2.23. The average Bonchev–Trinajstić information content (AvgIpc) is 3.78. The molecule has 2 aliphatic heterocycles. The van der Waals surface area contributed by atoms with E-state index in [1.807, 2.05) is 79.7 Å². The summed E-state index contributed by atoms with van der Waals surface area (Å²) in [5.74, 6) is 0.0456. The van der Waals surface area contributed by atoms with Crippen LogP contribution < -0.4 is 14.4 Å². The molecule has 1 N–H and O–H groups in total. The zero-order chi connectivity index (χ0) is 32.5. The summed E-state index contributed by atoms with van der Waals surface area (Å²) in [6.07, 6.45) is 0.687. The van der Waals surface area contributed by atoms with E-state index in [9.17, 15) is 14.7 Å². The number of ether oxygens (including phenoxy) is 2. The molecule has 4 aromatic carbocycles. The van der Waals surface area contributed by atoms with Crippen molar-refractivity contribution in [2.75, 3.05) is 4.90 Å². The van der Waals surface area contributed by atoms with Gasteiger partial charge in [-0.05, 0) is 71.6 Å². The van der Waals surface area contributed by atoms with E-state index in [0.717, 1.165) is 22.4 Å². The fourth-order valence-electron chi connectivity index (χ4n) is 5.67. The normalized spacial score (nSPS) is 18.3. The van der Waals surface area contributed by atoms with Gasteiger partial charge in [0.1, 0.15) is 30.0 Å². The first-order chi connectivity index (χ1) is 22.8. The highest BCUT2D eigenvalue weighted by Crippen LogP contribution is 2.45. The summed E-state index contributed by atoms with van der Waals surface area (Å²) < 4.78 is 12.6. The zero-order valence-electron chi connectivity index (χ0n) is 25.1. The predicted octanol–water partition coefficient (Wildman–Crippen LogP) is 8.01. The van der Waals surface area contributed by atoms with Gasteiger partial charge in [0.2, 0.25) is 5.13 Å². The fourth-order valence-corrected chi connectivity index (χ4v) is 7.62. The molecule has 1 amide bonds.